The number of aromatic nitrogens is 2. The fraction of sp³-hybridized carbons (Fsp3) is 0. The topological polar surface area (TPSA) is 28.7 Å². The number of H-pyrrole nitrogens is 1. The summed E-state index contributed by atoms with van der Waals surface area (Å²) >= 11 is 0. The van der Waals surface area contributed by atoms with Gasteiger partial charge in [-0.2, -0.15) is 5.10 Å². The molecule has 0 aliphatic heterocycles. The Kier molecular flexibility index (Phi) is 4.51. The lowest BCUT2D eigenvalue weighted by atomic mass is 9.99. The average Bonchev–Trinajstić information content (AvgIpc) is 3.31. The molecule has 0 aliphatic rings. The van der Waals surface area contributed by atoms with Gasteiger partial charge in [-0.05, 0) is 33.9 Å². The maximum absolute atomic E-state index is 4.46. The monoisotopic (exact) mass is 372 g/mol. The molecular weight excluding hydrogens is 352 g/mol. The van der Waals surface area contributed by atoms with Crippen molar-refractivity contribution in [2.75, 3.05) is 0 Å². The van der Waals surface area contributed by atoms with Crippen molar-refractivity contribution in [1.82, 2.24) is 10.2 Å². The maximum atomic E-state index is 4.46. The van der Waals surface area contributed by atoms with Gasteiger partial charge in [0.2, 0.25) is 0 Å². The third kappa shape index (κ3) is 3.61. The van der Waals surface area contributed by atoms with Crippen LogP contribution in [-0.4, -0.2) is 10.2 Å². The zero-order chi connectivity index (χ0) is 19.5. The van der Waals surface area contributed by atoms with Gasteiger partial charge in [-0.3, -0.25) is 5.10 Å². The molecule has 1 N–H and O–H groups in total. The molecule has 4 aromatic carbocycles. The maximum Gasteiger partial charge on any atom is 0.0927 e. The first-order chi connectivity index (χ1) is 14.4. The van der Waals surface area contributed by atoms with Crippen LogP contribution in [-0.2, 0) is 0 Å². The Hall–Kier alpha value is -3.91. The molecule has 0 amide bonds. The predicted octanol–water partition coefficient (Wildman–Crippen LogP) is 7.08. The minimum atomic E-state index is 0.959. The smallest absolute Gasteiger partial charge is 0.0927 e. The van der Waals surface area contributed by atoms with Gasteiger partial charge >= 0.3 is 0 Å². The SMILES string of the molecule is c1ccc(-c2ccc(-c3ccc(-c4cc(-c5ccccc5)n[nH]4)cc3)cc2)cc1. The van der Waals surface area contributed by atoms with Crippen LogP contribution in [0.2, 0.25) is 0 Å². The molecule has 0 atom stereocenters. The molecule has 0 saturated heterocycles. The van der Waals surface area contributed by atoms with Crippen LogP contribution in [0.1, 0.15) is 0 Å². The minimum Gasteiger partial charge on any atom is -0.277 e. The molecule has 5 aromatic rings. The summed E-state index contributed by atoms with van der Waals surface area (Å²) in [7, 11) is 0. The van der Waals surface area contributed by atoms with Crippen LogP contribution in [0.15, 0.2) is 115 Å². The molecule has 0 bridgehead atoms. The van der Waals surface area contributed by atoms with Gasteiger partial charge in [-0.25, -0.2) is 0 Å². The van der Waals surface area contributed by atoms with Gasteiger partial charge in [0.25, 0.3) is 0 Å². The molecule has 1 aromatic heterocycles. The lowest BCUT2D eigenvalue weighted by Gasteiger charge is -2.06. The van der Waals surface area contributed by atoms with Gasteiger partial charge in [0, 0.05) is 5.56 Å². The summed E-state index contributed by atoms with van der Waals surface area (Å²) < 4.78 is 0. The van der Waals surface area contributed by atoms with E-state index in [-0.39, 0.29) is 0 Å². The van der Waals surface area contributed by atoms with Crippen LogP contribution in [0.25, 0.3) is 44.8 Å². The number of nitrogens with zero attached hydrogens (tertiary/aromatic N) is 1. The molecule has 0 fully saturated rings. The Morgan fingerprint density at radius 2 is 0.828 bits per heavy atom. The van der Waals surface area contributed by atoms with Crippen molar-refractivity contribution in [3.8, 4) is 44.8 Å². The van der Waals surface area contributed by atoms with Gasteiger partial charge in [0.05, 0.1) is 11.4 Å². The van der Waals surface area contributed by atoms with Gasteiger partial charge in [0.15, 0.2) is 0 Å². The van der Waals surface area contributed by atoms with Crippen molar-refractivity contribution in [1.29, 1.82) is 0 Å². The fourth-order valence-electron chi connectivity index (χ4n) is 3.55. The molecular formula is C27H20N2. The molecule has 0 aliphatic carbocycles. The summed E-state index contributed by atoms with van der Waals surface area (Å²) in [6.45, 7) is 0. The van der Waals surface area contributed by atoms with Crippen molar-refractivity contribution < 1.29 is 0 Å². The largest absolute Gasteiger partial charge is 0.277 e. The Morgan fingerprint density at radius 1 is 0.414 bits per heavy atom. The van der Waals surface area contributed by atoms with Crippen LogP contribution in [0.5, 0.6) is 0 Å². The van der Waals surface area contributed by atoms with E-state index < -0.39 is 0 Å². The van der Waals surface area contributed by atoms with Crippen molar-refractivity contribution in [3.05, 3.63) is 115 Å². The first kappa shape index (κ1) is 17.2. The van der Waals surface area contributed by atoms with E-state index in [0.29, 0.717) is 0 Å². The molecule has 0 unspecified atom stereocenters. The first-order valence-electron chi connectivity index (χ1n) is 9.74. The summed E-state index contributed by atoms with van der Waals surface area (Å²) in [6.07, 6.45) is 0. The lowest BCUT2D eigenvalue weighted by molar-refractivity contribution is 1.10. The van der Waals surface area contributed by atoms with Crippen LogP contribution in [0.4, 0.5) is 0 Å². The molecule has 29 heavy (non-hydrogen) atoms. The summed E-state index contributed by atoms with van der Waals surface area (Å²) in [5.41, 5.74) is 9.12. The van der Waals surface area contributed by atoms with E-state index in [2.05, 4.69) is 101 Å². The number of hydrogen-bond acceptors (Lipinski definition) is 1. The lowest BCUT2D eigenvalue weighted by Crippen LogP contribution is -1.82. The molecule has 138 valence electrons. The highest BCUT2D eigenvalue weighted by Gasteiger charge is 2.06. The van der Waals surface area contributed by atoms with Gasteiger partial charge < -0.3 is 0 Å². The quantitative estimate of drug-likeness (QED) is 0.359. The van der Waals surface area contributed by atoms with Gasteiger partial charge in [-0.15, -0.1) is 0 Å². The second kappa shape index (κ2) is 7.61. The summed E-state index contributed by atoms with van der Waals surface area (Å²) in [5.74, 6) is 0. The van der Waals surface area contributed by atoms with E-state index in [0.717, 1.165) is 22.5 Å². The van der Waals surface area contributed by atoms with E-state index in [9.17, 15) is 0 Å². The van der Waals surface area contributed by atoms with Crippen molar-refractivity contribution in [2.45, 2.75) is 0 Å². The zero-order valence-corrected chi connectivity index (χ0v) is 15.9. The number of rotatable bonds is 4. The summed E-state index contributed by atoms with van der Waals surface area (Å²) in [6, 6.07) is 40.1. The highest BCUT2D eigenvalue weighted by Crippen LogP contribution is 2.28. The fourth-order valence-corrected chi connectivity index (χ4v) is 3.55. The molecule has 0 spiro atoms. The third-order valence-electron chi connectivity index (χ3n) is 5.17. The first-order valence-corrected chi connectivity index (χ1v) is 9.74. The number of aromatic amines is 1. The molecule has 2 heteroatoms. The molecule has 0 saturated carbocycles. The van der Waals surface area contributed by atoms with Gasteiger partial charge in [0.1, 0.15) is 0 Å². The van der Waals surface area contributed by atoms with Crippen molar-refractivity contribution in [3.63, 3.8) is 0 Å². The Morgan fingerprint density at radius 3 is 1.34 bits per heavy atom. The Bertz CT molecular complexity index is 1200. The molecule has 5 rings (SSSR count). The van der Waals surface area contributed by atoms with Crippen molar-refractivity contribution in [2.24, 2.45) is 0 Å². The van der Waals surface area contributed by atoms with Crippen LogP contribution >= 0.6 is 0 Å². The average molecular weight is 372 g/mol. The highest BCUT2D eigenvalue weighted by molar-refractivity contribution is 5.73. The van der Waals surface area contributed by atoms with Crippen LogP contribution < -0.4 is 0 Å². The third-order valence-corrected chi connectivity index (χ3v) is 5.17. The number of benzene rings is 4. The van der Waals surface area contributed by atoms with Crippen LogP contribution in [0, 0.1) is 0 Å². The molecule has 1 heterocycles. The second-order valence-corrected chi connectivity index (χ2v) is 7.05. The van der Waals surface area contributed by atoms with Gasteiger partial charge in [-0.1, -0.05) is 109 Å². The second-order valence-electron chi connectivity index (χ2n) is 7.05. The standard InChI is InChI=1S/C27H20N2/c1-3-7-20(8-4-1)21-11-13-22(14-12-21)23-15-17-25(18-16-23)27-19-26(28-29-27)24-9-5-2-6-10-24/h1-19H,(H,28,29). The van der Waals surface area contributed by atoms with E-state index in [4.69, 9.17) is 0 Å². The zero-order valence-electron chi connectivity index (χ0n) is 15.9. The van der Waals surface area contributed by atoms with E-state index in [1.807, 2.05) is 24.3 Å². The van der Waals surface area contributed by atoms with E-state index in [1.54, 1.807) is 0 Å². The van der Waals surface area contributed by atoms with Crippen molar-refractivity contribution >= 4 is 0 Å². The Balaban J connectivity index is 1.37. The summed E-state index contributed by atoms with van der Waals surface area (Å²) in [4.78, 5) is 0. The number of hydrogen-bond donors (Lipinski definition) is 1. The predicted molar refractivity (Wildman–Crippen MR) is 120 cm³/mol. The van der Waals surface area contributed by atoms with Crippen LogP contribution in [0.3, 0.4) is 0 Å². The normalized spacial score (nSPS) is 10.8. The minimum absolute atomic E-state index is 0.959. The van der Waals surface area contributed by atoms with E-state index >= 15 is 0 Å². The van der Waals surface area contributed by atoms with E-state index in [1.165, 1.54) is 22.3 Å². The Labute approximate surface area is 170 Å². The summed E-state index contributed by atoms with van der Waals surface area (Å²) in [5, 5.41) is 7.61. The highest BCUT2D eigenvalue weighted by atomic mass is 15.1. The molecule has 2 nitrogen and oxygen atoms in total. The molecule has 0 radical (unpaired) electrons. The number of nitrogens with one attached hydrogen (secondary N) is 1.